The Morgan fingerprint density at radius 2 is 1.41 bits per heavy atom. The molecule has 174 valence electrons. The smallest absolute Gasteiger partial charge is 0.343 e. The largest absolute Gasteiger partial charge is 0.494 e. The molecule has 1 atom stereocenters. The quantitative estimate of drug-likeness (QED) is 0.117. The van der Waals surface area contributed by atoms with Gasteiger partial charge in [0.05, 0.1) is 18.8 Å². The molecule has 2 aromatic rings. The second-order valence-corrected chi connectivity index (χ2v) is 8.23. The van der Waals surface area contributed by atoms with E-state index in [9.17, 15) is 4.79 Å². The number of carbonyl (C=O) groups is 1. The summed E-state index contributed by atoms with van der Waals surface area (Å²) in [7, 11) is 0. The van der Waals surface area contributed by atoms with Gasteiger partial charge in [-0.2, -0.15) is 0 Å². The third kappa shape index (κ3) is 10.0. The fourth-order valence-corrected chi connectivity index (χ4v) is 3.22. The number of unbranched alkanes of at least 4 members (excludes halogenated alkanes) is 4. The standard InChI is InChI=1S/C28H38O4/c1-4-6-7-8-9-10-21-30-25-15-13-24(14-16-25)28(29)32-27-19-17-26(18-20-27)31-22-11-12-23(3)5-2/h4,13-20,23H,1,5-12,21-22H2,2-3H3/t23-/m0/s1. The van der Waals surface area contributed by atoms with Gasteiger partial charge in [0.2, 0.25) is 0 Å². The lowest BCUT2D eigenvalue weighted by Crippen LogP contribution is -2.08. The van der Waals surface area contributed by atoms with Crippen LogP contribution in [0, 0.1) is 5.92 Å². The summed E-state index contributed by atoms with van der Waals surface area (Å²) >= 11 is 0. The van der Waals surface area contributed by atoms with Crippen LogP contribution in [-0.4, -0.2) is 19.2 Å². The van der Waals surface area contributed by atoms with E-state index in [0.29, 0.717) is 24.5 Å². The average Bonchev–Trinajstić information content (AvgIpc) is 2.82. The molecule has 0 aliphatic carbocycles. The number of hydrogen-bond acceptors (Lipinski definition) is 4. The SMILES string of the molecule is C=CCCCCCCOc1ccc(C(=O)Oc2ccc(OCCC[C@@H](C)CC)cc2)cc1. The molecule has 0 N–H and O–H groups in total. The lowest BCUT2D eigenvalue weighted by atomic mass is 10.0. The van der Waals surface area contributed by atoms with Crippen molar-refractivity contribution in [2.75, 3.05) is 13.2 Å². The minimum Gasteiger partial charge on any atom is -0.494 e. The predicted molar refractivity (Wildman–Crippen MR) is 131 cm³/mol. The van der Waals surface area contributed by atoms with Gasteiger partial charge in [-0.3, -0.25) is 0 Å². The highest BCUT2D eigenvalue weighted by atomic mass is 16.5. The molecule has 0 unspecified atom stereocenters. The lowest BCUT2D eigenvalue weighted by Gasteiger charge is -2.10. The van der Waals surface area contributed by atoms with E-state index in [2.05, 4.69) is 20.4 Å². The van der Waals surface area contributed by atoms with Gasteiger partial charge in [0.1, 0.15) is 17.2 Å². The molecule has 0 bridgehead atoms. The molecule has 0 saturated carbocycles. The summed E-state index contributed by atoms with van der Waals surface area (Å²) in [6.07, 6.45) is 11.0. The highest BCUT2D eigenvalue weighted by Gasteiger charge is 2.09. The molecule has 4 nitrogen and oxygen atoms in total. The Hall–Kier alpha value is -2.75. The van der Waals surface area contributed by atoms with Gasteiger partial charge in [0.25, 0.3) is 0 Å². The maximum absolute atomic E-state index is 12.4. The molecule has 2 aromatic carbocycles. The van der Waals surface area contributed by atoms with Crippen molar-refractivity contribution in [3.8, 4) is 17.2 Å². The molecule has 32 heavy (non-hydrogen) atoms. The first-order valence-electron chi connectivity index (χ1n) is 11.9. The third-order valence-electron chi connectivity index (χ3n) is 5.50. The number of allylic oxidation sites excluding steroid dienone is 1. The molecule has 0 amide bonds. The van der Waals surface area contributed by atoms with Crippen LogP contribution in [0.3, 0.4) is 0 Å². The summed E-state index contributed by atoms with van der Waals surface area (Å²) < 4.78 is 17.0. The molecule has 0 aromatic heterocycles. The first-order chi connectivity index (χ1) is 15.6. The Balaban J connectivity index is 1.70. The van der Waals surface area contributed by atoms with E-state index in [-0.39, 0.29) is 5.97 Å². The monoisotopic (exact) mass is 438 g/mol. The molecule has 0 radical (unpaired) electrons. The van der Waals surface area contributed by atoms with E-state index in [1.807, 2.05) is 30.3 Å². The number of esters is 1. The van der Waals surface area contributed by atoms with Crippen LogP contribution in [0.5, 0.6) is 17.2 Å². The van der Waals surface area contributed by atoms with Crippen molar-refractivity contribution in [3.05, 3.63) is 66.7 Å². The van der Waals surface area contributed by atoms with Crippen LogP contribution in [-0.2, 0) is 0 Å². The summed E-state index contributed by atoms with van der Waals surface area (Å²) in [5.74, 6) is 2.40. The number of ether oxygens (including phenoxy) is 3. The molecule has 0 aliphatic rings. The van der Waals surface area contributed by atoms with Crippen molar-refractivity contribution in [2.24, 2.45) is 5.92 Å². The van der Waals surface area contributed by atoms with E-state index >= 15 is 0 Å². The zero-order chi connectivity index (χ0) is 23.0. The van der Waals surface area contributed by atoms with E-state index in [0.717, 1.165) is 43.1 Å². The van der Waals surface area contributed by atoms with Crippen LogP contribution >= 0.6 is 0 Å². The number of hydrogen-bond donors (Lipinski definition) is 0. The number of benzene rings is 2. The van der Waals surface area contributed by atoms with Crippen molar-refractivity contribution in [2.45, 2.75) is 65.2 Å². The van der Waals surface area contributed by atoms with Crippen LogP contribution < -0.4 is 14.2 Å². The van der Waals surface area contributed by atoms with Gasteiger partial charge in [-0.05, 0) is 86.6 Å². The molecule has 0 fully saturated rings. The first-order valence-corrected chi connectivity index (χ1v) is 11.9. The zero-order valence-corrected chi connectivity index (χ0v) is 19.7. The molecule has 0 saturated heterocycles. The summed E-state index contributed by atoms with van der Waals surface area (Å²) in [4.78, 5) is 12.4. The van der Waals surface area contributed by atoms with Gasteiger partial charge < -0.3 is 14.2 Å². The van der Waals surface area contributed by atoms with Crippen molar-refractivity contribution >= 4 is 5.97 Å². The summed E-state index contributed by atoms with van der Waals surface area (Å²) in [6, 6.07) is 14.3. The van der Waals surface area contributed by atoms with Crippen LogP contribution in [0.15, 0.2) is 61.2 Å². The normalized spacial score (nSPS) is 11.6. The molecule has 4 heteroatoms. The highest BCUT2D eigenvalue weighted by molar-refractivity contribution is 5.91. The Kier molecular flexibility index (Phi) is 12.1. The second kappa shape index (κ2) is 15.1. The van der Waals surface area contributed by atoms with Crippen molar-refractivity contribution in [1.29, 1.82) is 0 Å². The van der Waals surface area contributed by atoms with Gasteiger partial charge in [-0.15, -0.1) is 6.58 Å². The number of rotatable bonds is 16. The third-order valence-corrected chi connectivity index (χ3v) is 5.50. The summed E-state index contributed by atoms with van der Waals surface area (Å²) in [6.45, 7) is 9.60. The van der Waals surface area contributed by atoms with E-state index in [4.69, 9.17) is 14.2 Å². The Labute approximate surface area is 193 Å². The summed E-state index contributed by atoms with van der Waals surface area (Å²) in [5, 5.41) is 0. The average molecular weight is 439 g/mol. The van der Waals surface area contributed by atoms with Crippen molar-refractivity contribution < 1.29 is 19.0 Å². The van der Waals surface area contributed by atoms with Gasteiger partial charge in [0, 0.05) is 0 Å². The fourth-order valence-electron chi connectivity index (χ4n) is 3.22. The zero-order valence-electron chi connectivity index (χ0n) is 19.7. The van der Waals surface area contributed by atoms with Crippen LogP contribution in [0.2, 0.25) is 0 Å². The predicted octanol–water partition coefficient (Wildman–Crippen LogP) is 7.63. The van der Waals surface area contributed by atoms with Gasteiger partial charge in [-0.25, -0.2) is 4.79 Å². The topological polar surface area (TPSA) is 44.8 Å². The van der Waals surface area contributed by atoms with E-state index in [1.165, 1.54) is 25.7 Å². The van der Waals surface area contributed by atoms with Gasteiger partial charge in [-0.1, -0.05) is 39.2 Å². The summed E-state index contributed by atoms with van der Waals surface area (Å²) in [5.41, 5.74) is 0.493. The molecule has 0 aliphatic heterocycles. The minimum atomic E-state index is -0.388. The Morgan fingerprint density at radius 1 is 0.844 bits per heavy atom. The lowest BCUT2D eigenvalue weighted by molar-refractivity contribution is 0.0734. The van der Waals surface area contributed by atoms with Crippen LogP contribution in [0.25, 0.3) is 0 Å². The van der Waals surface area contributed by atoms with Crippen LogP contribution in [0.1, 0.15) is 75.6 Å². The Morgan fingerprint density at radius 3 is 2.03 bits per heavy atom. The molecule has 0 heterocycles. The van der Waals surface area contributed by atoms with E-state index < -0.39 is 0 Å². The van der Waals surface area contributed by atoms with Gasteiger partial charge in [0.15, 0.2) is 0 Å². The highest BCUT2D eigenvalue weighted by Crippen LogP contribution is 2.20. The van der Waals surface area contributed by atoms with Crippen LogP contribution in [0.4, 0.5) is 0 Å². The van der Waals surface area contributed by atoms with E-state index in [1.54, 1.807) is 24.3 Å². The Bertz CT molecular complexity index is 780. The number of carbonyl (C=O) groups excluding carboxylic acids is 1. The second-order valence-electron chi connectivity index (χ2n) is 8.23. The molecular formula is C28H38O4. The molecule has 2 rings (SSSR count). The van der Waals surface area contributed by atoms with Crippen molar-refractivity contribution in [3.63, 3.8) is 0 Å². The van der Waals surface area contributed by atoms with Gasteiger partial charge >= 0.3 is 5.97 Å². The molecule has 0 spiro atoms. The molecular weight excluding hydrogens is 400 g/mol. The van der Waals surface area contributed by atoms with Crippen molar-refractivity contribution in [1.82, 2.24) is 0 Å². The maximum Gasteiger partial charge on any atom is 0.343 e. The fraction of sp³-hybridized carbons (Fsp3) is 0.464. The first kappa shape index (κ1) is 25.5. The minimum absolute atomic E-state index is 0.388. The maximum atomic E-state index is 12.4.